The second-order valence-corrected chi connectivity index (χ2v) is 9.82. The van der Waals surface area contributed by atoms with E-state index in [1.165, 1.54) is 6.07 Å². The first-order valence-corrected chi connectivity index (χ1v) is 11.7. The highest BCUT2D eigenvalue weighted by Crippen LogP contribution is 2.27. The maximum atomic E-state index is 14.5. The number of rotatable bonds is 5. The number of imidazole rings is 1. The first-order valence-electron chi connectivity index (χ1n) is 11.3. The number of aromatic nitrogens is 2. The summed E-state index contributed by atoms with van der Waals surface area (Å²) in [4.78, 5) is 19.3. The van der Waals surface area contributed by atoms with E-state index in [-0.39, 0.29) is 24.5 Å². The van der Waals surface area contributed by atoms with Crippen LogP contribution in [0.3, 0.4) is 0 Å². The van der Waals surface area contributed by atoms with Gasteiger partial charge in [-0.2, -0.15) is 0 Å². The van der Waals surface area contributed by atoms with Gasteiger partial charge in [0.05, 0.1) is 23.6 Å². The number of hydrogen-bond donors (Lipinski definition) is 1. The van der Waals surface area contributed by atoms with Gasteiger partial charge in [-0.3, -0.25) is 0 Å². The molecule has 1 atom stereocenters. The monoisotopic (exact) mass is 472 g/mol. The number of para-hydroxylation sites is 2. The van der Waals surface area contributed by atoms with Crippen LogP contribution in [0.15, 0.2) is 42.5 Å². The van der Waals surface area contributed by atoms with E-state index >= 15 is 0 Å². The fourth-order valence-corrected chi connectivity index (χ4v) is 4.42. The van der Waals surface area contributed by atoms with Gasteiger partial charge in [-0.05, 0) is 64.3 Å². The number of benzene rings is 2. The highest BCUT2D eigenvalue weighted by atomic mass is 35.5. The number of nitrogens with one attached hydrogen (secondary N) is 1. The number of carbonyl (C=O) groups is 1. The second-order valence-electron chi connectivity index (χ2n) is 9.41. The zero-order chi connectivity index (χ0) is 23.6. The Morgan fingerprint density at radius 2 is 2.00 bits per heavy atom. The van der Waals surface area contributed by atoms with Crippen molar-refractivity contribution in [2.45, 2.75) is 58.2 Å². The van der Waals surface area contributed by atoms with Gasteiger partial charge in [0, 0.05) is 23.7 Å². The molecule has 1 aromatic heterocycles. The third-order valence-electron chi connectivity index (χ3n) is 5.78. The van der Waals surface area contributed by atoms with Crippen molar-refractivity contribution >= 4 is 34.7 Å². The minimum absolute atomic E-state index is 0.0149. The summed E-state index contributed by atoms with van der Waals surface area (Å²) in [5, 5.41) is 3.79. The van der Waals surface area contributed by atoms with E-state index in [9.17, 15) is 9.18 Å². The van der Waals surface area contributed by atoms with E-state index < -0.39 is 5.60 Å². The van der Waals surface area contributed by atoms with E-state index in [2.05, 4.69) is 5.32 Å². The fraction of sp³-hybridized carbons (Fsp3) is 0.440. The van der Waals surface area contributed by atoms with Gasteiger partial charge in [-0.15, -0.1) is 0 Å². The smallest absolute Gasteiger partial charge is 0.410 e. The number of anilines is 1. The summed E-state index contributed by atoms with van der Waals surface area (Å²) in [7, 11) is 0. The number of likely N-dealkylation sites (tertiary alicyclic amines) is 1. The van der Waals surface area contributed by atoms with Gasteiger partial charge in [-0.1, -0.05) is 29.8 Å². The molecule has 8 heteroatoms. The molecular formula is C25H30ClFN4O2. The molecule has 2 heterocycles. The molecule has 1 aliphatic rings. The summed E-state index contributed by atoms with van der Waals surface area (Å²) in [6, 6.07) is 12.4. The maximum absolute atomic E-state index is 14.5. The molecule has 1 aliphatic heterocycles. The standard InChI is InChI=1S/C25H30ClFN4O2/c1-25(2,3)33-24(32)30-14-7-6-9-17(30)15-28-23-29-21-12-4-5-13-22(21)31(23)16-18-19(26)10-8-11-20(18)27/h4-5,8,10-13,17H,6-7,9,14-16H2,1-3H3,(H,28,29)/t17-/m0/s1. The summed E-state index contributed by atoms with van der Waals surface area (Å²) >= 11 is 6.30. The Morgan fingerprint density at radius 3 is 2.76 bits per heavy atom. The molecule has 176 valence electrons. The summed E-state index contributed by atoms with van der Waals surface area (Å²) < 4.78 is 22.1. The molecule has 2 aromatic carbocycles. The molecule has 33 heavy (non-hydrogen) atoms. The number of amides is 1. The Bertz CT molecular complexity index is 1120. The lowest BCUT2D eigenvalue weighted by molar-refractivity contribution is 0.0114. The maximum Gasteiger partial charge on any atom is 0.410 e. The van der Waals surface area contributed by atoms with Crippen molar-refractivity contribution < 1.29 is 13.9 Å². The molecule has 0 saturated carbocycles. The lowest BCUT2D eigenvalue weighted by atomic mass is 10.0. The van der Waals surface area contributed by atoms with Gasteiger partial charge in [0.2, 0.25) is 5.95 Å². The Morgan fingerprint density at radius 1 is 1.21 bits per heavy atom. The number of fused-ring (bicyclic) bond motifs is 1. The Labute approximate surface area is 198 Å². The topological polar surface area (TPSA) is 59.4 Å². The van der Waals surface area contributed by atoms with Crippen LogP contribution in [-0.2, 0) is 11.3 Å². The molecule has 1 amide bonds. The third kappa shape index (κ3) is 5.41. The summed E-state index contributed by atoms with van der Waals surface area (Å²) in [5.74, 6) is 0.264. The first-order chi connectivity index (χ1) is 15.7. The molecule has 6 nitrogen and oxygen atoms in total. The minimum Gasteiger partial charge on any atom is -0.444 e. The van der Waals surface area contributed by atoms with E-state index in [1.54, 1.807) is 12.1 Å². The van der Waals surface area contributed by atoms with Crippen molar-refractivity contribution in [3.05, 3.63) is 58.9 Å². The van der Waals surface area contributed by atoms with Crippen molar-refractivity contribution in [1.29, 1.82) is 0 Å². The normalized spacial score (nSPS) is 16.8. The SMILES string of the molecule is CC(C)(C)OC(=O)N1CCCC[C@H]1CNc1nc2ccccc2n1Cc1c(F)cccc1Cl. The zero-order valence-corrected chi connectivity index (χ0v) is 20.0. The van der Waals surface area contributed by atoms with Crippen LogP contribution in [0.2, 0.25) is 5.02 Å². The summed E-state index contributed by atoms with van der Waals surface area (Å²) in [5.41, 5.74) is 1.56. The predicted molar refractivity (Wildman–Crippen MR) is 129 cm³/mol. The number of ether oxygens (including phenoxy) is 1. The van der Waals surface area contributed by atoms with E-state index in [4.69, 9.17) is 21.3 Å². The zero-order valence-electron chi connectivity index (χ0n) is 19.3. The fourth-order valence-electron chi connectivity index (χ4n) is 4.19. The van der Waals surface area contributed by atoms with Gasteiger partial charge in [0.15, 0.2) is 0 Å². The van der Waals surface area contributed by atoms with Crippen LogP contribution >= 0.6 is 11.6 Å². The summed E-state index contributed by atoms with van der Waals surface area (Å²) in [6.45, 7) is 7.06. The Balaban J connectivity index is 1.58. The lowest BCUT2D eigenvalue weighted by Crippen LogP contribution is -2.49. The predicted octanol–water partition coefficient (Wildman–Crippen LogP) is 6.08. The second kappa shape index (κ2) is 9.59. The number of hydrogen-bond acceptors (Lipinski definition) is 4. The van der Waals surface area contributed by atoms with Gasteiger partial charge < -0.3 is 19.5 Å². The number of halogens is 2. The van der Waals surface area contributed by atoms with E-state index in [0.29, 0.717) is 29.6 Å². The number of piperidine rings is 1. The Kier molecular flexibility index (Phi) is 6.79. The molecule has 4 rings (SSSR count). The molecule has 0 radical (unpaired) electrons. The van der Waals surface area contributed by atoms with Gasteiger partial charge >= 0.3 is 6.09 Å². The highest BCUT2D eigenvalue weighted by Gasteiger charge is 2.30. The quantitative estimate of drug-likeness (QED) is 0.489. The van der Waals surface area contributed by atoms with Crippen LogP contribution in [-0.4, -0.2) is 45.3 Å². The van der Waals surface area contributed by atoms with Crippen molar-refractivity contribution in [1.82, 2.24) is 14.5 Å². The largest absolute Gasteiger partial charge is 0.444 e. The molecule has 1 saturated heterocycles. The third-order valence-corrected chi connectivity index (χ3v) is 6.14. The van der Waals surface area contributed by atoms with Crippen LogP contribution in [0.5, 0.6) is 0 Å². The molecule has 0 aliphatic carbocycles. The van der Waals surface area contributed by atoms with Crippen LogP contribution in [0, 0.1) is 5.82 Å². The van der Waals surface area contributed by atoms with E-state index in [1.807, 2.05) is 54.5 Å². The van der Waals surface area contributed by atoms with Crippen LogP contribution in [0.4, 0.5) is 15.1 Å². The van der Waals surface area contributed by atoms with Crippen molar-refractivity contribution in [2.75, 3.05) is 18.4 Å². The van der Waals surface area contributed by atoms with Gasteiger partial charge in [0.1, 0.15) is 11.4 Å². The molecule has 0 bridgehead atoms. The molecule has 3 aromatic rings. The molecule has 0 spiro atoms. The molecular weight excluding hydrogens is 443 g/mol. The Hall–Kier alpha value is -2.80. The van der Waals surface area contributed by atoms with Crippen molar-refractivity contribution in [3.8, 4) is 0 Å². The van der Waals surface area contributed by atoms with E-state index in [0.717, 1.165) is 30.3 Å². The minimum atomic E-state index is -0.542. The van der Waals surface area contributed by atoms with Crippen LogP contribution in [0.25, 0.3) is 11.0 Å². The van der Waals surface area contributed by atoms with Crippen molar-refractivity contribution in [3.63, 3.8) is 0 Å². The van der Waals surface area contributed by atoms with Gasteiger partial charge in [0.25, 0.3) is 0 Å². The highest BCUT2D eigenvalue weighted by molar-refractivity contribution is 6.31. The molecule has 0 unspecified atom stereocenters. The number of nitrogens with zero attached hydrogens (tertiary/aromatic N) is 3. The van der Waals surface area contributed by atoms with Gasteiger partial charge in [-0.25, -0.2) is 14.2 Å². The van der Waals surface area contributed by atoms with Crippen molar-refractivity contribution in [2.24, 2.45) is 0 Å². The lowest BCUT2D eigenvalue weighted by Gasteiger charge is -2.36. The molecule has 1 N–H and O–H groups in total. The average Bonchev–Trinajstić information content (AvgIpc) is 3.11. The average molecular weight is 473 g/mol. The van der Waals surface area contributed by atoms with Crippen LogP contribution in [0.1, 0.15) is 45.6 Å². The molecule has 1 fully saturated rings. The summed E-state index contributed by atoms with van der Waals surface area (Å²) in [6.07, 6.45) is 2.60. The van der Waals surface area contributed by atoms with Crippen LogP contribution < -0.4 is 5.32 Å². The number of carbonyl (C=O) groups excluding carboxylic acids is 1. The first kappa shape index (κ1) is 23.4.